The van der Waals surface area contributed by atoms with Crippen LogP contribution in [-0.2, 0) is 21.1 Å². The topological polar surface area (TPSA) is 76.0 Å². The van der Waals surface area contributed by atoms with E-state index < -0.39 is 9.84 Å². The van der Waals surface area contributed by atoms with E-state index in [0.29, 0.717) is 10.9 Å². The summed E-state index contributed by atoms with van der Waals surface area (Å²) in [5, 5.41) is 0.412. The number of ether oxygens (including phenoxy) is 1. The molecule has 0 N–H and O–H groups in total. The molecule has 174 valence electrons. The summed E-state index contributed by atoms with van der Waals surface area (Å²) in [7, 11) is -3.13. The number of anilines is 1. The molecule has 3 aromatic carbocycles. The third kappa shape index (κ3) is 5.03. The summed E-state index contributed by atoms with van der Waals surface area (Å²) in [4.78, 5) is 19.1. The van der Waals surface area contributed by atoms with E-state index in [2.05, 4.69) is 4.99 Å². The predicted octanol–water partition coefficient (Wildman–Crippen LogP) is 4.63. The highest BCUT2D eigenvalue weighted by Crippen LogP contribution is 2.41. The van der Waals surface area contributed by atoms with Crippen molar-refractivity contribution in [2.24, 2.45) is 4.99 Å². The first-order chi connectivity index (χ1) is 16.4. The number of benzene rings is 3. The lowest BCUT2D eigenvalue weighted by Crippen LogP contribution is -2.37. The molecular weight excluding hydrogens is 468 g/mol. The van der Waals surface area contributed by atoms with Gasteiger partial charge in [-0.1, -0.05) is 59.8 Å². The van der Waals surface area contributed by atoms with Crippen LogP contribution in [0.25, 0.3) is 0 Å². The van der Waals surface area contributed by atoms with E-state index >= 15 is 0 Å². The number of aryl methyl sites for hydroxylation is 1. The first kappa shape index (κ1) is 22.7. The Kier molecular flexibility index (Phi) is 6.18. The molecule has 0 radical (unpaired) electrons. The molecule has 1 amide bonds. The van der Waals surface area contributed by atoms with E-state index in [1.165, 1.54) is 11.8 Å². The van der Waals surface area contributed by atoms with E-state index in [9.17, 15) is 13.2 Å². The summed E-state index contributed by atoms with van der Waals surface area (Å²) in [5.41, 5.74) is 2.79. The fraction of sp³-hybridized carbons (Fsp3) is 0.231. The van der Waals surface area contributed by atoms with Gasteiger partial charge in [0.25, 0.3) is 5.91 Å². The van der Waals surface area contributed by atoms with Crippen LogP contribution < -0.4 is 9.64 Å². The highest BCUT2D eigenvalue weighted by atomic mass is 32.2. The van der Waals surface area contributed by atoms with Crippen LogP contribution in [0.15, 0.2) is 83.9 Å². The van der Waals surface area contributed by atoms with Crippen molar-refractivity contribution in [2.75, 3.05) is 16.4 Å². The number of hydrogen-bond acceptors (Lipinski definition) is 5. The summed E-state index contributed by atoms with van der Waals surface area (Å²) in [5.74, 6) is 1.31. The van der Waals surface area contributed by atoms with E-state index in [4.69, 9.17) is 4.74 Å². The second-order valence-electron chi connectivity index (χ2n) is 8.53. The molecule has 0 aliphatic carbocycles. The van der Waals surface area contributed by atoms with Crippen LogP contribution in [0.1, 0.15) is 11.1 Å². The van der Waals surface area contributed by atoms with Gasteiger partial charge in [-0.3, -0.25) is 4.79 Å². The standard InChI is InChI=1S/C26H24N2O4S2/c1-18-6-5-7-19(14-18)15-25(29)27-26-28(23-16-34(30,31)17-24(23)33-26)20-10-12-22(13-11-20)32-21-8-3-2-4-9-21/h2-14,23-24H,15-17H2,1H3/t23-,24+/m0/s1. The minimum Gasteiger partial charge on any atom is -0.457 e. The number of thioether (sulfide) groups is 1. The van der Waals surface area contributed by atoms with Crippen LogP contribution in [0.3, 0.4) is 0 Å². The minimum absolute atomic E-state index is 0.0536. The molecule has 0 unspecified atom stereocenters. The molecule has 8 heteroatoms. The molecule has 2 aliphatic rings. The van der Waals surface area contributed by atoms with Gasteiger partial charge >= 0.3 is 0 Å². The molecule has 2 fully saturated rings. The summed E-state index contributed by atoms with van der Waals surface area (Å²) < 4.78 is 30.5. The fourth-order valence-electron chi connectivity index (χ4n) is 4.31. The molecule has 0 saturated carbocycles. The monoisotopic (exact) mass is 492 g/mol. The maximum absolute atomic E-state index is 12.8. The number of carbonyl (C=O) groups is 1. The van der Waals surface area contributed by atoms with Gasteiger partial charge in [0, 0.05) is 10.9 Å². The molecule has 5 rings (SSSR count). The number of amidine groups is 1. The molecular formula is C26H24N2O4S2. The number of carbonyl (C=O) groups excluding carboxylic acids is 1. The Bertz CT molecular complexity index is 1340. The van der Waals surface area contributed by atoms with E-state index in [1.807, 2.05) is 90.7 Å². The highest BCUT2D eigenvalue weighted by Gasteiger charge is 2.49. The Morgan fingerprint density at radius 2 is 1.74 bits per heavy atom. The van der Waals surface area contributed by atoms with Crippen molar-refractivity contribution < 1.29 is 17.9 Å². The SMILES string of the molecule is Cc1cccc(CC(=O)N=C2S[C@@H]3CS(=O)(=O)C[C@@H]3N2c2ccc(Oc3ccccc3)cc2)c1. The van der Waals surface area contributed by atoms with Crippen molar-refractivity contribution in [3.63, 3.8) is 0 Å². The summed E-state index contributed by atoms with van der Waals surface area (Å²) in [6.45, 7) is 1.99. The van der Waals surface area contributed by atoms with Crippen molar-refractivity contribution in [1.82, 2.24) is 0 Å². The smallest absolute Gasteiger partial charge is 0.252 e. The van der Waals surface area contributed by atoms with Crippen molar-refractivity contribution in [3.05, 3.63) is 90.0 Å². The summed E-state index contributed by atoms with van der Waals surface area (Å²) in [6, 6.07) is 24.5. The quantitative estimate of drug-likeness (QED) is 0.517. The number of fused-ring (bicyclic) bond motifs is 1. The lowest BCUT2D eigenvalue weighted by Gasteiger charge is -2.24. The highest BCUT2D eigenvalue weighted by molar-refractivity contribution is 8.16. The normalized spacial score (nSPS) is 22.0. The Morgan fingerprint density at radius 1 is 1.00 bits per heavy atom. The lowest BCUT2D eigenvalue weighted by atomic mass is 10.1. The van der Waals surface area contributed by atoms with Crippen molar-refractivity contribution in [3.8, 4) is 11.5 Å². The number of amides is 1. The van der Waals surface area contributed by atoms with Crippen LogP contribution in [0.4, 0.5) is 5.69 Å². The predicted molar refractivity (Wildman–Crippen MR) is 137 cm³/mol. The van der Waals surface area contributed by atoms with Gasteiger partial charge in [-0.25, -0.2) is 8.42 Å². The van der Waals surface area contributed by atoms with Gasteiger partial charge in [-0.2, -0.15) is 4.99 Å². The first-order valence-electron chi connectivity index (χ1n) is 11.0. The van der Waals surface area contributed by atoms with Crippen LogP contribution in [0.5, 0.6) is 11.5 Å². The van der Waals surface area contributed by atoms with E-state index in [1.54, 1.807) is 0 Å². The first-order valence-corrected chi connectivity index (χ1v) is 13.7. The van der Waals surface area contributed by atoms with Crippen molar-refractivity contribution in [1.29, 1.82) is 0 Å². The maximum Gasteiger partial charge on any atom is 0.252 e. The van der Waals surface area contributed by atoms with Crippen LogP contribution in [-0.4, -0.2) is 42.3 Å². The van der Waals surface area contributed by atoms with Crippen LogP contribution >= 0.6 is 11.8 Å². The number of hydrogen-bond donors (Lipinski definition) is 0. The molecule has 2 heterocycles. The molecule has 0 spiro atoms. The molecule has 0 aromatic heterocycles. The number of para-hydroxylation sites is 1. The Labute approximate surface area is 203 Å². The van der Waals surface area contributed by atoms with Gasteiger partial charge in [0.15, 0.2) is 15.0 Å². The summed E-state index contributed by atoms with van der Waals surface area (Å²) in [6.07, 6.45) is 0.205. The molecule has 2 atom stereocenters. The third-order valence-electron chi connectivity index (χ3n) is 5.82. The molecule has 3 aromatic rings. The number of sulfone groups is 1. The van der Waals surface area contributed by atoms with Gasteiger partial charge in [0.2, 0.25) is 0 Å². The summed E-state index contributed by atoms with van der Waals surface area (Å²) >= 11 is 1.38. The number of nitrogens with zero attached hydrogens (tertiary/aromatic N) is 2. The van der Waals surface area contributed by atoms with E-state index in [0.717, 1.165) is 22.6 Å². The van der Waals surface area contributed by atoms with E-state index in [-0.39, 0.29) is 35.1 Å². The number of rotatable bonds is 5. The molecule has 34 heavy (non-hydrogen) atoms. The molecule has 2 aliphatic heterocycles. The zero-order valence-electron chi connectivity index (χ0n) is 18.6. The second kappa shape index (κ2) is 9.27. The molecule has 6 nitrogen and oxygen atoms in total. The molecule has 2 saturated heterocycles. The maximum atomic E-state index is 12.8. The Morgan fingerprint density at radius 3 is 2.47 bits per heavy atom. The second-order valence-corrected chi connectivity index (χ2v) is 11.9. The van der Waals surface area contributed by atoms with Crippen molar-refractivity contribution >= 4 is 38.4 Å². The van der Waals surface area contributed by atoms with Gasteiger partial charge in [0.1, 0.15) is 11.5 Å². The van der Waals surface area contributed by atoms with Gasteiger partial charge in [0.05, 0.1) is 24.0 Å². The van der Waals surface area contributed by atoms with Gasteiger partial charge in [-0.05, 0) is 48.9 Å². The average molecular weight is 493 g/mol. The largest absolute Gasteiger partial charge is 0.457 e. The zero-order chi connectivity index (χ0) is 23.7. The fourth-order valence-corrected chi connectivity index (χ4v) is 8.24. The van der Waals surface area contributed by atoms with Gasteiger partial charge < -0.3 is 9.64 Å². The average Bonchev–Trinajstić information content (AvgIpc) is 3.25. The lowest BCUT2D eigenvalue weighted by molar-refractivity contribution is -0.117. The van der Waals surface area contributed by atoms with Crippen molar-refractivity contribution in [2.45, 2.75) is 24.6 Å². The molecule has 0 bridgehead atoms. The number of aliphatic imine (C=N–C) groups is 1. The Hall–Kier alpha value is -3.10. The van der Waals surface area contributed by atoms with Gasteiger partial charge in [-0.15, -0.1) is 0 Å². The van der Waals surface area contributed by atoms with Crippen LogP contribution in [0, 0.1) is 6.92 Å². The zero-order valence-corrected chi connectivity index (χ0v) is 20.3. The Balaban J connectivity index is 1.40. The van der Waals surface area contributed by atoms with Crippen LogP contribution in [0.2, 0.25) is 0 Å². The minimum atomic E-state index is -3.13. The third-order valence-corrected chi connectivity index (χ3v) is 9.03.